The fourth-order valence-electron chi connectivity index (χ4n) is 4.87. The highest BCUT2D eigenvalue weighted by Gasteiger charge is 2.33. The van der Waals surface area contributed by atoms with Crippen LogP contribution in [0.1, 0.15) is 28.6 Å². The van der Waals surface area contributed by atoms with Crippen molar-refractivity contribution in [3.63, 3.8) is 0 Å². The molecule has 1 fully saturated rings. The number of para-hydroxylation sites is 1. The molecule has 0 saturated carbocycles. The maximum Gasteiger partial charge on any atom is 0.253 e. The molecule has 1 N–H and O–H groups in total. The average molecular weight is 492 g/mol. The first-order valence-electron chi connectivity index (χ1n) is 12.1. The maximum absolute atomic E-state index is 14.4. The van der Waals surface area contributed by atoms with Crippen molar-refractivity contribution in [2.24, 2.45) is 0 Å². The van der Waals surface area contributed by atoms with Crippen LogP contribution in [-0.2, 0) is 11.3 Å². The van der Waals surface area contributed by atoms with E-state index in [4.69, 9.17) is 4.74 Å². The number of rotatable bonds is 7. The van der Waals surface area contributed by atoms with Gasteiger partial charge in [0.15, 0.2) is 5.82 Å². The van der Waals surface area contributed by atoms with Crippen molar-refractivity contribution >= 4 is 16.6 Å². The summed E-state index contributed by atoms with van der Waals surface area (Å²) >= 11 is 0. The van der Waals surface area contributed by atoms with Crippen molar-refractivity contribution in [2.75, 3.05) is 44.8 Å². The first-order valence-corrected chi connectivity index (χ1v) is 12.1. The van der Waals surface area contributed by atoms with Gasteiger partial charge in [0.2, 0.25) is 0 Å². The fraction of sp³-hybridized carbons (Fsp3) is 0.385. The second kappa shape index (κ2) is 10.2. The van der Waals surface area contributed by atoms with Crippen LogP contribution in [-0.4, -0.2) is 70.0 Å². The van der Waals surface area contributed by atoms with E-state index in [1.54, 1.807) is 23.9 Å². The molecule has 0 bridgehead atoms. The quantitative estimate of drug-likeness (QED) is 0.425. The summed E-state index contributed by atoms with van der Waals surface area (Å²) in [7, 11) is 1.63. The van der Waals surface area contributed by atoms with Crippen LogP contribution < -0.4 is 10.5 Å². The molecule has 0 radical (unpaired) electrons. The summed E-state index contributed by atoms with van der Waals surface area (Å²) < 4.78 is 21.3. The molecule has 1 atom stereocenters. The predicted molar refractivity (Wildman–Crippen MR) is 136 cm³/mol. The Balaban J connectivity index is 1.54. The minimum Gasteiger partial charge on any atom is -0.383 e. The number of methoxy groups -OCH3 is 1. The second-order valence-corrected chi connectivity index (χ2v) is 9.21. The van der Waals surface area contributed by atoms with Crippen molar-refractivity contribution in [3.05, 3.63) is 81.2 Å². The monoisotopic (exact) mass is 491 g/mol. The zero-order valence-corrected chi connectivity index (χ0v) is 20.7. The summed E-state index contributed by atoms with van der Waals surface area (Å²) in [5.74, 6) is 0.350. The average Bonchev–Trinajstić information content (AvgIpc) is 3.33. The van der Waals surface area contributed by atoms with Gasteiger partial charge in [0.05, 0.1) is 18.8 Å². The number of ether oxygens (including phenoxy) is 1. The lowest BCUT2D eigenvalue weighted by molar-refractivity contribution is 0.171. The Morgan fingerprint density at radius 1 is 1.08 bits per heavy atom. The van der Waals surface area contributed by atoms with Crippen molar-refractivity contribution in [1.82, 2.24) is 30.1 Å². The van der Waals surface area contributed by atoms with Crippen molar-refractivity contribution in [3.8, 4) is 0 Å². The largest absolute Gasteiger partial charge is 0.383 e. The smallest absolute Gasteiger partial charge is 0.253 e. The van der Waals surface area contributed by atoms with Crippen LogP contribution in [0.2, 0.25) is 0 Å². The van der Waals surface area contributed by atoms with E-state index in [0.29, 0.717) is 56.4 Å². The number of benzene rings is 2. The predicted octanol–water partition coefficient (Wildman–Crippen LogP) is 2.83. The molecule has 1 saturated heterocycles. The number of hydrogen-bond acceptors (Lipinski definition) is 7. The maximum atomic E-state index is 14.4. The van der Waals surface area contributed by atoms with Crippen LogP contribution in [0.15, 0.2) is 47.3 Å². The van der Waals surface area contributed by atoms with Crippen LogP contribution in [0.5, 0.6) is 0 Å². The van der Waals surface area contributed by atoms with Gasteiger partial charge in [0.25, 0.3) is 5.56 Å². The van der Waals surface area contributed by atoms with E-state index in [1.807, 2.05) is 30.0 Å². The van der Waals surface area contributed by atoms with Gasteiger partial charge in [0, 0.05) is 44.4 Å². The van der Waals surface area contributed by atoms with Gasteiger partial charge in [-0.1, -0.05) is 12.1 Å². The first kappa shape index (κ1) is 24.1. The SMILES string of the molecule is COCCn1nnnc1C(c1cc2cc(C)c(C)cc2[nH]c1=O)N1CCN(c2ccccc2F)CC1. The summed E-state index contributed by atoms with van der Waals surface area (Å²) in [6.45, 7) is 7.45. The van der Waals surface area contributed by atoms with Gasteiger partial charge < -0.3 is 14.6 Å². The van der Waals surface area contributed by atoms with E-state index in [0.717, 1.165) is 22.0 Å². The number of aromatic amines is 1. The van der Waals surface area contributed by atoms with Gasteiger partial charge in [0.1, 0.15) is 11.9 Å². The summed E-state index contributed by atoms with van der Waals surface area (Å²) in [5.41, 5.74) is 4.07. The lowest BCUT2D eigenvalue weighted by atomic mass is 10.00. The van der Waals surface area contributed by atoms with Gasteiger partial charge in [-0.2, -0.15) is 0 Å². The van der Waals surface area contributed by atoms with Crippen molar-refractivity contribution in [1.29, 1.82) is 0 Å². The van der Waals surface area contributed by atoms with Gasteiger partial charge in [-0.3, -0.25) is 9.69 Å². The summed E-state index contributed by atoms with van der Waals surface area (Å²) in [6.07, 6.45) is 0. The van der Waals surface area contributed by atoms with Crippen molar-refractivity contribution in [2.45, 2.75) is 26.4 Å². The number of hydrogen-bond donors (Lipinski definition) is 1. The molecule has 4 aromatic rings. The number of H-pyrrole nitrogens is 1. The van der Waals surface area contributed by atoms with E-state index in [9.17, 15) is 9.18 Å². The molecule has 0 amide bonds. The molecule has 36 heavy (non-hydrogen) atoms. The normalized spacial score (nSPS) is 15.5. The summed E-state index contributed by atoms with van der Waals surface area (Å²) in [5, 5.41) is 13.4. The molecule has 1 unspecified atom stereocenters. The zero-order chi connectivity index (χ0) is 25.2. The van der Waals surface area contributed by atoms with Gasteiger partial charge in [-0.15, -0.1) is 5.10 Å². The highest BCUT2D eigenvalue weighted by atomic mass is 19.1. The number of halogens is 1. The minimum atomic E-state index is -0.464. The molecule has 1 aliphatic heterocycles. The molecular formula is C26H30FN7O2. The second-order valence-electron chi connectivity index (χ2n) is 9.21. The summed E-state index contributed by atoms with van der Waals surface area (Å²) in [6, 6.07) is 12.4. The van der Waals surface area contributed by atoms with E-state index >= 15 is 0 Å². The molecule has 188 valence electrons. The number of fused-ring (bicyclic) bond motifs is 1. The molecule has 2 aromatic heterocycles. The number of nitrogens with zero attached hydrogens (tertiary/aromatic N) is 6. The fourth-order valence-corrected chi connectivity index (χ4v) is 4.87. The molecule has 3 heterocycles. The van der Waals surface area contributed by atoms with Crippen LogP contribution >= 0.6 is 0 Å². The van der Waals surface area contributed by atoms with Crippen LogP contribution in [0.25, 0.3) is 10.9 Å². The van der Waals surface area contributed by atoms with Crippen LogP contribution in [0.4, 0.5) is 10.1 Å². The topological polar surface area (TPSA) is 92.2 Å². The number of aryl methyl sites for hydroxylation is 2. The standard InChI is InChI=1S/C26H30FN7O2/c1-17-14-19-16-20(26(35)28-22(19)15-18(17)2)24(25-29-30-31-34(25)12-13-36-3)33-10-8-32(9-11-33)23-7-5-4-6-21(23)27/h4-7,14-16,24H,8-13H2,1-3H3,(H,28,35). The van der Waals surface area contributed by atoms with Gasteiger partial charge in [-0.25, -0.2) is 9.07 Å². The van der Waals surface area contributed by atoms with E-state index in [2.05, 4.69) is 38.4 Å². The number of piperazine rings is 1. The Bertz CT molecular complexity index is 1430. The number of tetrazole rings is 1. The molecule has 5 rings (SSSR count). The van der Waals surface area contributed by atoms with Crippen LogP contribution in [0, 0.1) is 19.7 Å². The number of pyridine rings is 1. The third-order valence-corrected chi connectivity index (χ3v) is 6.97. The molecular weight excluding hydrogens is 461 g/mol. The number of nitrogens with one attached hydrogen (secondary N) is 1. The molecule has 10 heteroatoms. The van der Waals surface area contributed by atoms with Crippen molar-refractivity contribution < 1.29 is 9.13 Å². The molecule has 1 aliphatic rings. The third-order valence-electron chi connectivity index (χ3n) is 6.97. The van der Waals surface area contributed by atoms with Gasteiger partial charge >= 0.3 is 0 Å². The number of aromatic nitrogens is 5. The van der Waals surface area contributed by atoms with Gasteiger partial charge in [-0.05, 0) is 71.1 Å². The van der Waals surface area contributed by atoms with Crippen LogP contribution in [0.3, 0.4) is 0 Å². The Morgan fingerprint density at radius 3 is 2.58 bits per heavy atom. The van der Waals surface area contributed by atoms with E-state index < -0.39 is 6.04 Å². The third kappa shape index (κ3) is 4.61. The Hall–Kier alpha value is -3.63. The first-order chi connectivity index (χ1) is 17.5. The Kier molecular flexibility index (Phi) is 6.80. The zero-order valence-electron chi connectivity index (χ0n) is 20.7. The van der Waals surface area contributed by atoms with E-state index in [-0.39, 0.29) is 11.4 Å². The minimum absolute atomic E-state index is 0.173. The lowest BCUT2D eigenvalue weighted by Crippen LogP contribution is -2.49. The Labute approximate surface area is 208 Å². The highest BCUT2D eigenvalue weighted by Crippen LogP contribution is 2.30. The molecule has 9 nitrogen and oxygen atoms in total. The van der Waals surface area contributed by atoms with E-state index in [1.165, 1.54) is 6.07 Å². The lowest BCUT2D eigenvalue weighted by Gasteiger charge is -2.39. The number of anilines is 1. The molecule has 0 spiro atoms. The molecule has 0 aliphatic carbocycles. The highest BCUT2D eigenvalue weighted by molar-refractivity contribution is 5.81. The molecule has 2 aromatic carbocycles. The Morgan fingerprint density at radius 2 is 1.83 bits per heavy atom. The summed E-state index contributed by atoms with van der Waals surface area (Å²) in [4.78, 5) is 20.7.